The predicted molar refractivity (Wildman–Crippen MR) is 44.4 cm³/mol. The molecule has 64 valence electrons. The van der Waals surface area contributed by atoms with Crippen molar-refractivity contribution in [1.29, 1.82) is 0 Å². The maximum absolute atomic E-state index is 9.48. The molecule has 0 radical (unpaired) electrons. The minimum absolute atomic E-state index is 0.0562. The molecule has 1 aliphatic carbocycles. The quantitative estimate of drug-likeness (QED) is 0.560. The van der Waals surface area contributed by atoms with Gasteiger partial charge in [-0.05, 0) is 32.2 Å². The van der Waals surface area contributed by atoms with Crippen molar-refractivity contribution in [3.63, 3.8) is 0 Å². The Morgan fingerprint density at radius 3 is 3.00 bits per heavy atom. The van der Waals surface area contributed by atoms with Crippen LogP contribution in [0.4, 0.5) is 0 Å². The fourth-order valence-electron chi connectivity index (χ4n) is 2.76. The largest absolute Gasteiger partial charge is 0.392 e. The highest BCUT2D eigenvalue weighted by molar-refractivity contribution is 4.90. The highest BCUT2D eigenvalue weighted by Crippen LogP contribution is 2.35. The summed E-state index contributed by atoms with van der Waals surface area (Å²) in [6.07, 6.45) is 5.06. The number of likely N-dealkylation sites (N-methyl/N-ethyl adjacent to an activating group) is 1. The highest BCUT2D eigenvalue weighted by atomic mass is 16.3. The molecule has 11 heavy (non-hydrogen) atoms. The average molecular weight is 155 g/mol. The number of hydrogen-bond donors (Lipinski definition) is 1. The Morgan fingerprint density at radius 1 is 1.36 bits per heavy atom. The zero-order valence-electron chi connectivity index (χ0n) is 7.16. The molecule has 3 atom stereocenters. The fourth-order valence-corrected chi connectivity index (χ4v) is 2.76. The summed E-state index contributed by atoms with van der Waals surface area (Å²) in [5.41, 5.74) is 0. The van der Waals surface area contributed by atoms with Crippen molar-refractivity contribution in [2.75, 3.05) is 13.6 Å². The SMILES string of the molecule is CN1CC(O)CC2CCCC21. The number of aliphatic hydroxyl groups is 1. The second-order valence-electron chi connectivity index (χ2n) is 4.09. The summed E-state index contributed by atoms with van der Waals surface area (Å²) in [4.78, 5) is 2.34. The molecular formula is C9H17NO. The maximum atomic E-state index is 9.48. The lowest BCUT2D eigenvalue weighted by atomic mass is 9.91. The van der Waals surface area contributed by atoms with E-state index in [4.69, 9.17) is 0 Å². The Hall–Kier alpha value is -0.0800. The van der Waals surface area contributed by atoms with Gasteiger partial charge < -0.3 is 10.0 Å². The highest BCUT2D eigenvalue weighted by Gasteiger charge is 2.36. The van der Waals surface area contributed by atoms with Gasteiger partial charge in [-0.2, -0.15) is 0 Å². The van der Waals surface area contributed by atoms with Crippen molar-refractivity contribution in [3.8, 4) is 0 Å². The molecule has 0 amide bonds. The van der Waals surface area contributed by atoms with E-state index in [1.54, 1.807) is 0 Å². The topological polar surface area (TPSA) is 23.5 Å². The molecule has 0 spiro atoms. The van der Waals surface area contributed by atoms with Crippen LogP contribution in [-0.2, 0) is 0 Å². The lowest BCUT2D eigenvalue weighted by molar-refractivity contribution is 0.0251. The Morgan fingerprint density at radius 2 is 2.18 bits per heavy atom. The van der Waals surface area contributed by atoms with Gasteiger partial charge in [-0.3, -0.25) is 0 Å². The van der Waals surface area contributed by atoms with Crippen LogP contribution in [0, 0.1) is 5.92 Å². The zero-order valence-corrected chi connectivity index (χ0v) is 7.16. The third kappa shape index (κ3) is 1.30. The molecule has 1 saturated heterocycles. The van der Waals surface area contributed by atoms with E-state index >= 15 is 0 Å². The number of fused-ring (bicyclic) bond motifs is 1. The maximum Gasteiger partial charge on any atom is 0.0670 e. The summed E-state index contributed by atoms with van der Waals surface area (Å²) in [5.74, 6) is 0.795. The molecular weight excluding hydrogens is 138 g/mol. The van der Waals surface area contributed by atoms with Crippen molar-refractivity contribution in [3.05, 3.63) is 0 Å². The molecule has 2 fully saturated rings. The van der Waals surface area contributed by atoms with Crippen LogP contribution in [0.1, 0.15) is 25.7 Å². The lowest BCUT2D eigenvalue weighted by Gasteiger charge is -2.37. The van der Waals surface area contributed by atoms with Gasteiger partial charge in [0.25, 0.3) is 0 Å². The van der Waals surface area contributed by atoms with Crippen LogP contribution in [-0.4, -0.2) is 35.7 Å². The van der Waals surface area contributed by atoms with Crippen LogP contribution < -0.4 is 0 Å². The first-order valence-electron chi connectivity index (χ1n) is 4.65. The minimum atomic E-state index is -0.0562. The van der Waals surface area contributed by atoms with Gasteiger partial charge in [-0.1, -0.05) is 6.42 Å². The van der Waals surface area contributed by atoms with Crippen molar-refractivity contribution in [2.45, 2.75) is 37.8 Å². The summed E-state index contributed by atoms with van der Waals surface area (Å²) < 4.78 is 0. The van der Waals surface area contributed by atoms with Gasteiger partial charge in [-0.15, -0.1) is 0 Å². The minimum Gasteiger partial charge on any atom is -0.392 e. The van der Waals surface area contributed by atoms with Crippen LogP contribution in [0.25, 0.3) is 0 Å². The Balaban J connectivity index is 2.04. The number of aliphatic hydroxyl groups excluding tert-OH is 1. The first-order valence-corrected chi connectivity index (χ1v) is 4.65. The number of piperidine rings is 1. The zero-order chi connectivity index (χ0) is 7.84. The molecule has 2 nitrogen and oxygen atoms in total. The molecule has 1 heterocycles. The molecule has 0 aromatic rings. The monoisotopic (exact) mass is 155 g/mol. The van der Waals surface area contributed by atoms with Gasteiger partial charge in [0.15, 0.2) is 0 Å². The molecule has 2 aliphatic rings. The average Bonchev–Trinajstić information content (AvgIpc) is 2.34. The summed E-state index contributed by atoms with van der Waals surface area (Å²) in [6, 6.07) is 0.790. The smallest absolute Gasteiger partial charge is 0.0670 e. The molecule has 0 aromatic carbocycles. The van der Waals surface area contributed by atoms with Crippen molar-refractivity contribution < 1.29 is 5.11 Å². The second-order valence-corrected chi connectivity index (χ2v) is 4.09. The normalized spacial score (nSPS) is 45.8. The summed E-state index contributed by atoms with van der Waals surface area (Å²) >= 11 is 0. The standard InChI is InChI=1S/C9H17NO/c1-10-6-8(11)5-7-3-2-4-9(7)10/h7-9,11H,2-6H2,1H3. The van der Waals surface area contributed by atoms with Crippen molar-refractivity contribution in [2.24, 2.45) is 5.92 Å². The lowest BCUT2D eigenvalue weighted by Crippen LogP contribution is -2.46. The van der Waals surface area contributed by atoms with E-state index in [9.17, 15) is 5.11 Å². The van der Waals surface area contributed by atoms with Crippen molar-refractivity contribution >= 4 is 0 Å². The molecule has 1 N–H and O–H groups in total. The van der Waals surface area contributed by atoms with Crippen LogP contribution in [0.5, 0.6) is 0 Å². The van der Waals surface area contributed by atoms with Gasteiger partial charge in [0.2, 0.25) is 0 Å². The van der Waals surface area contributed by atoms with E-state index < -0.39 is 0 Å². The summed E-state index contributed by atoms with van der Waals surface area (Å²) in [6.45, 7) is 0.890. The van der Waals surface area contributed by atoms with Crippen LogP contribution >= 0.6 is 0 Å². The van der Waals surface area contributed by atoms with Crippen LogP contribution in [0.3, 0.4) is 0 Å². The Labute approximate surface area is 68.2 Å². The van der Waals surface area contributed by atoms with E-state index in [1.165, 1.54) is 19.3 Å². The summed E-state index contributed by atoms with van der Waals surface area (Å²) in [7, 11) is 2.14. The molecule has 1 saturated carbocycles. The number of likely N-dealkylation sites (tertiary alicyclic amines) is 1. The number of rotatable bonds is 0. The van der Waals surface area contributed by atoms with E-state index in [1.807, 2.05) is 0 Å². The predicted octanol–water partition coefficient (Wildman–Crippen LogP) is 0.851. The van der Waals surface area contributed by atoms with Gasteiger partial charge >= 0.3 is 0 Å². The third-order valence-electron chi connectivity index (χ3n) is 3.26. The number of β-amino-alcohol motifs (C(OH)–C–C–N with tert-alkyl or cyclic N) is 1. The Kier molecular flexibility index (Phi) is 1.90. The van der Waals surface area contributed by atoms with E-state index in [0.717, 1.165) is 24.9 Å². The molecule has 1 aliphatic heterocycles. The van der Waals surface area contributed by atoms with Gasteiger partial charge in [0.1, 0.15) is 0 Å². The van der Waals surface area contributed by atoms with Gasteiger partial charge in [0, 0.05) is 12.6 Å². The molecule has 2 rings (SSSR count). The van der Waals surface area contributed by atoms with Gasteiger partial charge in [-0.25, -0.2) is 0 Å². The second kappa shape index (κ2) is 2.76. The number of hydrogen-bond acceptors (Lipinski definition) is 2. The molecule has 3 unspecified atom stereocenters. The van der Waals surface area contributed by atoms with E-state index in [-0.39, 0.29) is 6.10 Å². The molecule has 2 heteroatoms. The van der Waals surface area contributed by atoms with E-state index in [2.05, 4.69) is 11.9 Å². The first kappa shape index (κ1) is 7.56. The number of nitrogens with zero attached hydrogens (tertiary/aromatic N) is 1. The third-order valence-corrected chi connectivity index (χ3v) is 3.26. The van der Waals surface area contributed by atoms with Gasteiger partial charge in [0.05, 0.1) is 6.10 Å². The fraction of sp³-hybridized carbons (Fsp3) is 1.00. The van der Waals surface area contributed by atoms with Crippen molar-refractivity contribution in [1.82, 2.24) is 4.90 Å². The first-order chi connectivity index (χ1) is 5.27. The van der Waals surface area contributed by atoms with E-state index in [0.29, 0.717) is 0 Å². The molecule has 0 bridgehead atoms. The van der Waals surface area contributed by atoms with Crippen LogP contribution in [0.2, 0.25) is 0 Å². The Bertz CT molecular complexity index is 148. The summed E-state index contributed by atoms with van der Waals surface area (Å²) in [5, 5.41) is 9.48. The molecule has 0 aromatic heterocycles. The van der Waals surface area contributed by atoms with Crippen LogP contribution in [0.15, 0.2) is 0 Å².